The zero-order valence-electron chi connectivity index (χ0n) is 11.5. The van der Waals surface area contributed by atoms with Crippen molar-refractivity contribution in [3.05, 3.63) is 98.9 Å². The van der Waals surface area contributed by atoms with E-state index in [0.717, 1.165) is 18.4 Å². The summed E-state index contributed by atoms with van der Waals surface area (Å²) in [5.41, 5.74) is 1.07. The van der Waals surface area contributed by atoms with Crippen LogP contribution in [0.1, 0.15) is 18.4 Å². The fraction of sp³-hybridized carbons (Fsp3) is 0.111. The summed E-state index contributed by atoms with van der Waals surface area (Å²) in [7, 11) is 0. The van der Waals surface area contributed by atoms with Gasteiger partial charge in [-0.15, -0.1) is 25.0 Å². The average molecular weight is 328 g/mol. The molecule has 0 fully saturated rings. The Labute approximate surface area is 137 Å². The van der Waals surface area contributed by atoms with Crippen molar-refractivity contribution in [3.63, 3.8) is 0 Å². The van der Waals surface area contributed by atoms with Crippen LogP contribution >= 0.6 is 0 Å². The molecule has 0 atom stereocenters. The minimum absolute atomic E-state index is 0. The Morgan fingerprint density at radius 3 is 1.47 bits per heavy atom. The van der Waals surface area contributed by atoms with Gasteiger partial charge in [-0.3, -0.25) is 12.2 Å². The summed E-state index contributed by atoms with van der Waals surface area (Å²) in [6, 6.07) is 9.87. The third kappa shape index (κ3) is 13.2. The van der Waals surface area contributed by atoms with Gasteiger partial charge < -0.3 is 7.43 Å². The first kappa shape index (κ1) is 20.3. The number of benzene rings is 1. The van der Waals surface area contributed by atoms with Crippen LogP contribution in [0.2, 0.25) is 0 Å². The van der Waals surface area contributed by atoms with Crippen molar-refractivity contribution in [2.75, 3.05) is 0 Å². The van der Waals surface area contributed by atoms with Crippen molar-refractivity contribution in [3.8, 4) is 0 Å². The molecule has 2 aliphatic rings. The summed E-state index contributed by atoms with van der Waals surface area (Å²) >= 11 is 0. The van der Waals surface area contributed by atoms with Gasteiger partial charge in [0.25, 0.3) is 0 Å². The first-order valence-corrected chi connectivity index (χ1v) is 5.70. The van der Waals surface area contributed by atoms with Crippen LogP contribution in [0.5, 0.6) is 0 Å². The molecular formula is C18H20Zr. The van der Waals surface area contributed by atoms with E-state index in [1.165, 1.54) is 0 Å². The predicted octanol–water partition coefficient (Wildman–Crippen LogP) is 4.93. The molecule has 0 unspecified atom stereocenters. The van der Waals surface area contributed by atoms with Crippen molar-refractivity contribution in [1.82, 2.24) is 0 Å². The van der Waals surface area contributed by atoms with Gasteiger partial charge >= 0.3 is 26.2 Å². The second kappa shape index (κ2) is 15.0. The molecule has 0 nitrogen and oxygen atoms in total. The molecule has 0 aromatic heterocycles. The molecule has 19 heavy (non-hydrogen) atoms. The van der Waals surface area contributed by atoms with Crippen LogP contribution in [0.3, 0.4) is 0 Å². The SMILES string of the molecule is [C-]1=CC=CC1.[C-]1=CC=CC1.[CH2-]c1ccccc1.[CH3-].[Zr+4]. The van der Waals surface area contributed by atoms with E-state index in [2.05, 4.69) is 31.2 Å². The van der Waals surface area contributed by atoms with Crippen LogP contribution in [0, 0.1) is 26.5 Å². The summed E-state index contributed by atoms with van der Waals surface area (Å²) in [5.74, 6) is 0. The second-order valence-corrected chi connectivity index (χ2v) is 3.49. The fourth-order valence-corrected chi connectivity index (χ4v) is 1.16. The molecule has 0 saturated heterocycles. The van der Waals surface area contributed by atoms with Crippen molar-refractivity contribution in [1.29, 1.82) is 0 Å². The van der Waals surface area contributed by atoms with Crippen LogP contribution in [0.15, 0.2) is 66.8 Å². The van der Waals surface area contributed by atoms with Crippen LogP contribution in [-0.4, -0.2) is 0 Å². The van der Waals surface area contributed by atoms with E-state index in [4.69, 9.17) is 0 Å². The molecule has 1 aromatic rings. The first-order valence-electron chi connectivity index (χ1n) is 5.70. The van der Waals surface area contributed by atoms with Crippen molar-refractivity contribution in [2.24, 2.45) is 0 Å². The molecule has 2 aliphatic carbocycles. The van der Waals surface area contributed by atoms with E-state index in [1.807, 2.05) is 54.6 Å². The Hall–Kier alpha value is -1.07. The molecule has 0 heterocycles. The minimum atomic E-state index is 0. The molecule has 0 spiro atoms. The third-order valence-corrected chi connectivity index (χ3v) is 2.01. The Balaban J connectivity index is 0. The Morgan fingerprint density at radius 2 is 1.32 bits per heavy atom. The van der Waals surface area contributed by atoms with E-state index >= 15 is 0 Å². The van der Waals surface area contributed by atoms with E-state index in [0.29, 0.717) is 0 Å². The van der Waals surface area contributed by atoms with Crippen LogP contribution in [-0.2, 0) is 26.2 Å². The zero-order valence-corrected chi connectivity index (χ0v) is 13.9. The van der Waals surface area contributed by atoms with E-state index < -0.39 is 0 Å². The minimum Gasteiger partial charge on any atom is -0.358 e. The van der Waals surface area contributed by atoms with Gasteiger partial charge in [0.1, 0.15) is 0 Å². The zero-order chi connectivity index (χ0) is 12.2. The third-order valence-electron chi connectivity index (χ3n) is 2.01. The largest absolute Gasteiger partial charge is 4.00 e. The fourth-order valence-electron chi connectivity index (χ4n) is 1.16. The van der Waals surface area contributed by atoms with Gasteiger partial charge in [0.05, 0.1) is 0 Å². The Morgan fingerprint density at radius 1 is 0.842 bits per heavy atom. The first-order chi connectivity index (χ1) is 8.39. The summed E-state index contributed by atoms with van der Waals surface area (Å²) < 4.78 is 0. The van der Waals surface area contributed by atoms with Crippen molar-refractivity contribution in [2.45, 2.75) is 12.8 Å². The summed E-state index contributed by atoms with van der Waals surface area (Å²) in [6.45, 7) is 3.72. The second-order valence-electron chi connectivity index (χ2n) is 3.49. The van der Waals surface area contributed by atoms with Crippen LogP contribution in [0.25, 0.3) is 0 Å². The maximum Gasteiger partial charge on any atom is 4.00 e. The number of hydrogen-bond donors (Lipinski definition) is 0. The molecule has 0 N–H and O–H groups in total. The smallest absolute Gasteiger partial charge is 0.358 e. The summed E-state index contributed by atoms with van der Waals surface area (Å²) in [6.07, 6.45) is 20.0. The molecular weight excluding hydrogens is 307 g/mol. The summed E-state index contributed by atoms with van der Waals surface area (Å²) in [5, 5.41) is 0. The van der Waals surface area contributed by atoms with Gasteiger partial charge in [-0.25, -0.2) is 24.3 Å². The number of rotatable bonds is 0. The molecule has 0 radical (unpaired) electrons. The van der Waals surface area contributed by atoms with E-state index in [9.17, 15) is 0 Å². The maximum absolute atomic E-state index is 3.72. The molecule has 0 amide bonds. The van der Waals surface area contributed by atoms with Gasteiger partial charge in [-0.05, 0) is 0 Å². The molecule has 1 heteroatoms. The molecule has 0 aliphatic heterocycles. The number of allylic oxidation sites excluding steroid dienone is 8. The monoisotopic (exact) mass is 326 g/mol. The van der Waals surface area contributed by atoms with Gasteiger partial charge in [0.2, 0.25) is 0 Å². The maximum atomic E-state index is 3.72. The van der Waals surface area contributed by atoms with Gasteiger partial charge in [0.15, 0.2) is 0 Å². The summed E-state index contributed by atoms with van der Waals surface area (Å²) in [4.78, 5) is 0. The van der Waals surface area contributed by atoms with Gasteiger partial charge in [-0.1, -0.05) is 6.07 Å². The van der Waals surface area contributed by atoms with Crippen LogP contribution < -0.4 is 0 Å². The molecule has 0 bridgehead atoms. The van der Waals surface area contributed by atoms with Gasteiger partial charge in [-0.2, -0.15) is 36.8 Å². The van der Waals surface area contributed by atoms with Gasteiger partial charge in [0, 0.05) is 0 Å². The molecule has 3 rings (SSSR count). The Bertz CT molecular complexity index is 355. The molecule has 1 aromatic carbocycles. The predicted molar refractivity (Wildman–Crippen MR) is 80.5 cm³/mol. The topological polar surface area (TPSA) is 0 Å². The standard InChI is InChI=1S/C7H7.2C5H5.CH3.Zr/c1-7-5-3-2-4-6-7;2*1-2-4-5-3-1;;/h2-6H,1H2;2*1-3H,4H2;1H3;/q4*-1;+4. The normalized spacial score (nSPS) is 12.4. The van der Waals surface area contributed by atoms with Crippen LogP contribution in [0.4, 0.5) is 0 Å². The van der Waals surface area contributed by atoms with E-state index in [1.54, 1.807) is 0 Å². The molecule has 96 valence electrons. The van der Waals surface area contributed by atoms with Crippen molar-refractivity contribution >= 4 is 0 Å². The Kier molecular flexibility index (Phi) is 16.0. The van der Waals surface area contributed by atoms with E-state index in [-0.39, 0.29) is 33.6 Å². The quantitative estimate of drug-likeness (QED) is 0.593. The molecule has 0 saturated carbocycles. The average Bonchev–Trinajstić information content (AvgIpc) is 3.09. The van der Waals surface area contributed by atoms with Crippen molar-refractivity contribution < 1.29 is 26.2 Å². The number of hydrogen-bond acceptors (Lipinski definition) is 0.